The lowest BCUT2D eigenvalue weighted by Crippen LogP contribution is -2.59. The highest BCUT2D eigenvalue weighted by molar-refractivity contribution is 7.85. The van der Waals surface area contributed by atoms with E-state index < -0.39 is 10.1 Å². The van der Waals surface area contributed by atoms with Crippen molar-refractivity contribution in [2.24, 2.45) is 50.2 Å². The predicted molar refractivity (Wildman–Crippen MR) is 182 cm³/mol. The van der Waals surface area contributed by atoms with E-state index in [0.717, 1.165) is 55.6 Å². The van der Waals surface area contributed by atoms with Crippen LogP contribution in [0.2, 0.25) is 0 Å². The molecule has 12 fully saturated rings. The van der Waals surface area contributed by atoms with Crippen molar-refractivity contribution in [3.63, 3.8) is 0 Å². The minimum atomic E-state index is -4.68. The summed E-state index contributed by atoms with van der Waals surface area (Å²) in [6.07, 6.45) is 21.9. The number of hydrogen-bond acceptors (Lipinski definition) is 3. The minimum Gasteiger partial charge on any atom is -0.744 e. The molecule has 12 bridgehead atoms. The van der Waals surface area contributed by atoms with E-state index in [1.54, 1.807) is 0 Å². The van der Waals surface area contributed by atoms with Crippen molar-refractivity contribution in [3.05, 3.63) is 28.8 Å². The van der Waals surface area contributed by atoms with E-state index in [0.29, 0.717) is 27.6 Å². The summed E-state index contributed by atoms with van der Waals surface area (Å²) < 4.78 is 42.3. The van der Waals surface area contributed by atoms with E-state index in [-0.39, 0.29) is 37.9 Å². The third-order valence-corrected chi connectivity index (χ3v) is 17.9. The van der Waals surface area contributed by atoms with Crippen molar-refractivity contribution in [1.29, 1.82) is 0 Å². The molecule has 0 amide bonds. The first-order valence-electron chi connectivity index (χ1n) is 19.3. The Morgan fingerprint density at radius 2 is 0.761 bits per heavy atom. The van der Waals surface area contributed by atoms with Crippen LogP contribution in [0.4, 0.5) is 0 Å². The molecule has 12 saturated carbocycles. The van der Waals surface area contributed by atoms with Crippen molar-refractivity contribution in [1.82, 2.24) is 0 Å². The maximum Gasteiger partial charge on any atom is 0.125 e. The van der Waals surface area contributed by atoms with E-state index in [9.17, 15) is 13.0 Å². The molecule has 13 rings (SSSR count). The van der Waals surface area contributed by atoms with Gasteiger partial charge in [0.25, 0.3) is 0 Å². The van der Waals surface area contributed by atoms with Crippen molar-refractivity contribution < 1.29 is 13.0 Å². The fourth-order valence-corrected chi connectivity index (χ4v) is 20.3. The van der Waals surface area contributed by atoms with E-state index in [1.165, 1.54) is 82.6 Å². The van der Waals surface area contributed by atoms with Crippen LogP contribution in [-0.2, 0) is 26.4 Å². The normalized spacial score (nSPS) is 57.5. The molecule has 252 valence electrons. The zero-order valence-corrected chi connectivity index (χ0v) is 30.6. The van der Waals surface area contributed by atoms with Crippen LogP contribution in [0.25, 0.3) is 0 Å². The molecule has 12 aliphatic carbocycles. The van der Waals surface area contributed by atoms with Crippen molar-refractivity contribution in [2.45, 2.75) is 178 Å². The molecule has 46 heavy (non-hydrogen) atoms. The van der Waals surface area contributed by atoms with E-state index in [4.69, 9.17) is 0 Å². The Morgan fingerprint density at radius 3 is 1.04 bits per heavy atom. The van der Waals surface area contributed by atoms with Crippen LogP contribution < -0.4 is 0 Å². The van der Waals surface area contributed by atoms with Crippen molar-refractivity contribution in [2.75, 3.05) is 0 Å². The number of benzene rings is 1. The molecule has 0 heterocycles. The first-order chi connectivity index (χ1) is 21.2. The van der Waals surface area contributed by atoms with E-state index in [2.05, 4.69) is 53.7 Å². The molecule has 1 aromatic carbocycles. The topological polar surface area (TPSA) is 57.2 Å². The molecule has 0 spiro atoms. The van der Waals surface area contributed by atoms with Gasteiger partial charge < -0.3 is 4.55 Å². The van der Waals surface area contributed by atoms with Crippen LogP contribution in [-0.4, -0.2) is 13.0 Å². The summed E-state index contributed by atoms with van der Waals surface area (Å²) in [4.78, 5) is 0.293. The quantitative estimate of drug-likeness (QED) is 0.307. The molecule has 6 atom stereocenters. The second kappa shape index (κ2) is 8.19. The Hall–Kier alpha value is -0.870. The second-order valence-electron chi connectivity index (χ2n) is 23.1. The van der Waals surface area contributed by atoms with Crippen LogP contribution in [0.3, 0.4) is 0 Å². The summed E-state index contributed by atoms with van der Waals surface area (Å²) in [7, 11) is -4.68. The van der Waals surface area contributed by atoms with Gasteiger partial charge in [-0.3, -0.25) is 0 Å². The average molecular weight is 644 g/mol. The summed E-state index contributed by atoms with van der Waals surface area (Å²) in [5.41, 5.74) is 4.99. The van der Waals surface area contributed by atoms with Gasteiger partial charge in [-0.05, 0) is 199 Å². The molecule has 12 aliphatic rings. The van der Waals surface area contributed by atoms with Gasteiger partial charge in [-0.2, -0.15) is 0 Å². The van der Waals surface area contributed by atoms with E-state index >= 15 is 0 Å². The molecule has 0 N–H and O–H groups in total. The molecule has 4 heteroatoms. The first-order valence-corrected chi connectivity index (χ1v) is 20.7. The fraction of sp³-hybridized carbons (Fsp3) is 0.857. The smallest absolute Gasteiger partial charge is 0.125 e. The third kappa shape index (κ3) is 4.01. The molecule has 0 aliphatic heterocycles. The first kappa shape index (κ1) is 30.0. The summed E-state index contributed by atoms with van der Waals surface area (Å²) in [5, 5.41) is 0. The molecular formula is C42H59O3S-. The Labute approximate surface area is 279 Å². The van der Waals surface area contributed by atoms with Gasteiger partial charge in [0.2, 0.25) is 0 Å². The van der Waals surface area contributed by atoms with Crippen LogP contribution in [0.1, 0.15) is 174 Å². The van der Waals surface area contributed by atoms with Gasteiger partial charge in [-0.25, -0.2) is 8.42 Å². The van der Waals surface area contributed by atoms with Gasteiger partial charge in [0.15, 0.2) is 0 Å². The van der Waals surface area contributed by atoms with Gasteiger partial charge in [0.1, 0.15) is 10.1 Å². The highest BCUT2D eigenvalue weighted by Crippen LogP contribution is 2.75. The highest BCUT2D eigenvalue weighted by Gasteiger charge is 2.65. The largest absolute Gasteiger partial charge is 0.744 e. The van der Waals surface area contributed by atoms with Gasteiger partial charge in [0.05, 0.1) is 4.90 Å². The lowest BCUT2D eigenvalue weighted by atomic mass is 9.37. The highest BCUT2D eigenvalue weighted by atomic mass is 32.2. The summed E-state index contributed by atoms with van der Waals surface area (Å²) >= 11 is 0. The van der Waals surface area contributed by atoms with Gasteiger partial charge in [0, 0.05) is 0 Å². The Balaban J connectivity index is 1.26. The number of hydrogen-bond donors (Lipinski definition) is 0. The lowest BCUT2D eigenvalue weighted by molar-refractivity contribution is -0.115. The fourth-order valence-electron chi connectivity index (χ4n) is 19.3. The average Bonchev–Trinajstić information content (AvgIpc) is 2.81. The Kier molecular flexibility index (Phi) is 5.34. The van der Waals surface area contributed by atoms with E-state index in [1.807, 2.05) is 0 Å². The maximum absolute atomic E-state index is 14.1. The molecule has 1 aromatic rings. The maximum atomic E-state index is 14.1. The standard InChI is InChI=1S/C42H60O3S/c1-34-9-27-10-35(2,18-34)22-40(15-27,21-34)30-7-31(41-16-28-11-36(3,23-41)19-37(4,12-28)24-41)33(46(43,44)45)32(8-30)42-17-29-13-38(5,25-42)20-39(6,14-29)26-42/h7-8,27-29H,9-26H2,1-6H3,(H,43,44,45)/p-1. The van der Waals surface area contributed by atoms with Crippen LogP contribution in [0.5, 0.6) is 0 Å². The molecule has 0 saturated heterocycles. The van der Waals surface area contributed by atoms with Crippen LogP contribution in [0.15, 0.2) is 17.0 Å². The molecule has 6 unspecified atom stereocenters. The van der Waals surface area contributed by atoms with Crippen molar-refractivity contribution in [3.8, 4) is 0 Å². The SMILES string of the molecule is CC12CC3CC(C)(C1)CC(c1cc(C45CC6CC(C)(CC(C)(C6)C4)C5)c(S(=O)(=O)[O-])c(C45CC6CC(C)(CC(C)(C6)C4)C5)c1)(C3)C2. The minimum absolute atomic E-state index is 0.115. The van der Waals surface area contributed by atoms with Crippen LogP contribution in [0, 0.1) is 50.2 Å². The summed E-state index contributed by atoms with van der Waals surface area (Å²) in [6.45, 7) is 15.2. The van der Waals surface area contributed by atoms with Crippen LogP contribution >= 0.6 is 0 Å². The number of rotatable bonds is 4. The Morgan fingerprint density at radius 1 is 0.478 bits per heavy atom. The summed E-state index contributed by atoms with van der Waals surface area (Å²) in [6, 6.07) is 4.88. The van der Waals surface area contributed by atoms with Gasteiger partial charge in [-0.15, -0.1) is 0 Å². The molecule has 0 aromatic heterocycles. The molecule has 0 radical (unpaired) electrons. The van der Waals surface area contributed by atoms with Crippen molar-refractivity contribution >= 4 is 10.1 Å². The monoisotopic (exact) mass is 643 g/mol. The predicted octanol–water partition coefficient (Wildman–Crippen LogP) is 10.3. The Bertz CT molecular complexity index is 1550. The second-order valence-corrected chi connectivity index (χ2v) is 24.4. The molecular weight excluding hydrogens is 585 g/mol. The van der Waals surface area contributed by atoms with Gasteiger partial charge >= 0.3 is 0 Å². The summed E-state index contributed by atoms with van der Waals surface area (Å²) in [5.74, 6) is 2.07. The molecule has 3 nitrogen and oxygen atoms in total. The van der Waals surface area contributed by atoms with Gasteiger partial charge in [-0.1, -0.05) is 53.7 Å². The zero-order chi connectivity index (χ0) is 32.2. The lowest BCUT2D eigenvalue weighted by Gasteiger charge is -2.68. The zero-order valence-electron chi connectivity index (χ0n) is 29.7. The third-order valence-electron chi connectivity index (χ3n) is 17.0.